The first kappa shape index (κ1) is 20.7. The highest BCUT2D eigenvalue weighted by Crippen LogP contribution is 2.39. The molecule has 6 heteroatoms. The van der Waals surface area contributed by atoms with Crippen molar-refractivity contribution in [1.29, 1.82) is 0 Å². The van der Waals surface area contributed by atoms with Gasteiger partial charge in [0, 0.05) is 10.9 Å². The number of benzene rings is 4. The Morgan fingerprint density at radius 2 is 1.49 bits per heavy atom. The maximum absolute atomic E-state index is 6.41. The van der Waals surface area contributed by atoms with Crippen molar-refractivity contribution in [3.63, 3.8) is 0 Å². The van der Waals surface area contributed by atoms with E-state index in [0.29, 0.717) is 5.89 Å². The molecule has 0 aliphatic carbocycles. The summed E-state index contributed by atoms with van der Waals surface area (Å²) < 4.78 is 25.1. The fourth-order valence-corrected chi connectivity index (χ4v) is 4.92. The van der Waals surface area contributed by atoms with E-state index < -0.39 is 18.3 Å². The van der Waals surface area contributed by atoms with Crippen LogP contribution < -0.4 is 5.46 Å². The number of fused-ring (bicyclic) bond motifs is 6. The van der Waals surface area contributed by atoms with Gasteiger partial charge in [-0.1, -0.05) is 48.5 Å². The molecule has 1 fully saturated rings. The van der Waals surface area contributed by atoms with Crippen molar-refractivity contribution in [2.75, 3.05) is 0 Å². The number of furan rings is 1. The highest BCUT2D eigenvalue weighted by Gasteiger charge is 2.51. The third-order valence-corrected chi connectivity index (χ3v) is 7.56. The lowest BCUT2D eigenvalue weighted by Crippen LogP contribution is -2.41. The summed E-state index contributed by atoms with van der Waals surface area (Å²) in [7, 11) is -0.444. The number of nitrogens with zero attached hydrogens (tertiary/aromatic N) is 1. The summed E-state index contributed by atoms with van der Waals surface area (Å²) in [6.07, 6.45) is 0. The molecule has 0 amide bonds. The van der Waals surface area contributed by atoms with Crippen LogP contribution in [0.15, 0.2) is 81.6 Å². The van der Waals surface area contributed by atoms with Crippen LogP contribution >= 0.6 is 0 Å². The Morgan fingerprint density at radius 3 is 2.31 bits per heavy atom. The Balaban J connectivity index is 1.38. The van der Waals surface area contributed by atoms with Gasteiger partial charge >= 0.3 is 7.12 Å². The van der Waals surface area contributed by atoms with E-state index in [-0.39, 0.29) is 0 Å². The van der Waals surface area contributed by atoms with Crippen molar-refractivity contribution in [2.45, 2.75) is 38.9 Å². The molecule has 1 aliphatic rings. The number of hydrogen-bond donors (Lipinski definition) is 0. The zero-order chi connectivity index (χ0) is 23.9. The summed E-state index contributed by atoms with van der Waals surface area (Å²) in [5.74, 6) is 0.604. The van der Waals surface area contributed by atoms with Gasteiger partial charge in [-0.25, -0.2) is 4.98 Å². The van der Waals surface area contributed by atoms with Gasteiger partial charge in [-0.05, 0) is 68.2 Å². The Kier molecular flexibility index (Phi) is 4.13. The van der Waals surface area contributed by atoms with Gasteiger partial charge in [-0.3, -0.25) is 0 Å². The first-order valence-corrected chi connectivity index (χ1v) is 11.9. The second kappa shape index (κ2) is 6.97. The lowest BCUT2D eigenvalue weighted by atomic mass is 9.79. The van der Waals surface area contributed by atoms with Crippen LogP contribution in [0.25, 0.3) is 55.3 Å². The van der Waals surface area contributed by atoms with E-state index in [1.807, 2.05) is 42.5 Å². The molecule has 0 radical (unpaired) electrons. The highest BCUT2D eigenvalue weighted by atomic mass is 16.7. The van der Waals surface area contributed by atoms with Gasteiger partial charge in [-0.15, -0.1) is 0 Å². The van der Waals surface area contributed by atoms with E-state index in [4.69, 9.17) is 23.1 Å². The molecule has 0 atom stereocenters. The molecule has 3 heterocycles. The SMILES string of the molecule is CC1(C)OB(c2ccc3c(c2)oc2ccc4nc(-c5cccc6ccccc56)oc4c23)OC1(C)C. The Hall–Kier alpha value is -3.61. The van der Waals surface area contributed by atoms with Crippen molar-refractivity contribution >= 4 is 56.4 Å². The third-order valence-electron chi connectivity index (χ3n) is 7.56. The molecule has 172 valence electrons. The number of aromatic nitrogens is 1. The summed E-state index contributed by atoms with van der Waals surface area (Å²) in [6.45, 7) is 8.23. The lowest BCUT2D eigenvalue weighted by molar-refractivity contribution is 0.00578. The average molecular weight is 461 g/mol. The van der Waals surface area contributed by atoms with E-state index in [2.05, 4.69) is 58.0 Å². The van der Waals surface area contributed by atoms with Crippen LogP contribution in [0, 0.1) is 0 Å². The Bertz CT molecular complexity index is 1760. The molecular formula is C29H24BNO4. The smallest absolute Gasteiger partial charge is 0.456 e. The molecule has 1 saturated heterocycles. The fourth-order valence-electron chi connectivity index (χ4n) is 4.92. The quantitative estimate of drug-likeness (QED) is 0.264. The number of hydrogen-bond acceptors (Lipinski definition) is 5. The molecule has 6 aromatic rings. The van der Waals surface area contributed by atoms with Gasteiger partial charge in [0.2, 0.25) is 5.89 Å². The minimum atomic E-state index is -0.444. The van der Waals surface area contributed by atoms with Crippen LogP contribution in [0.1, 0.15) is 27.7 Å². The molecule has 2 aromatic heterocycles. The molecule has 35 heavy (non-hydrogen) atoms. The van der Waals surface area contributed by atoms with Crippen molar-refractivity contribution in [2.24, 2.45) is 0 Å². The van der Waals surface area contributed by atoms with Crippen LogP contribution in [0.5, 0.6) is 0 Å². The summed E-state index contributed by atoms with van der Waals surface area (Å²) in [5, 5.41) is 4.17. The molecule has 0 bridgehead atoms. The summed E-state index contributed by atoms with van der Waals surface area (Å²) in [6, 6.07) is 24.5. The third kappa shape index (κ3) is 3.00. The van der Waals surface area contributed by atoms with Crippen molar-refractivity contribution in [1.82, 2.24) is 4.98 Å². The van der Waals surface area contributed by atoms with Crippen LogP contribution in [0.4, 0.5) is 0 Å². The van der Waals surface area contributed by atoms with Gasteiger partial charge in [-0.2, -0.15) is 0 Å². The fraction of sp³-hybridized carbons (Fsp3) is 0.207. The summed E-state index contributed by atoms with van der Waals surface area (Å²) >= 11 is 0. The normalized spacial score (nSPS) is 17.3. The monoisotopic (exact) mass is 461 g/mol. The number of oxazole rings is 1. The van der Waals surface area contributed by atoms with Gasteiger partial charge in [0.25, 0.3) is 0 Å². The van der Waals surface area contributed by atoms with Gasteiger partial charge in [0.05, 0.1) is 16.6 Å². The molecule has 0 N–H and O–H groups in total. The van der Waals surface area contributed by atoms with Crippen LogP contribution in [0.3, 0.4) is 0 Å². The van der Waals surface area contributed by atoms with E-state index in [1.54, 1.807) is 0 Å². The number of rotatable bonds is 2. The zero-order valence-corrected chi connectivity index (χ0v) is 20.1. The van der Waals surface area contributed by atoms with Crippen molar-refractivity contribution in [3.8, 4) is 11.5 Å². The second-order valence-electron chi connectivity index (χ2n) is 10.3. The molecule has 7 rings (SSSR count). The maximum atomic E-state index is 6.41. The van der Waals surface area contributed by atoms with Gasteiger partial charge in [0.1, 0.15) is 16.7 Å². The molecule has 0 unspecified atom stereocenters. The Morgan fingerprint density at radius 1 is 0.714 bits per heavy atom. The molecule has 4 aromatic carbocycles. The standard InChI is InChI=1S/C29H24BNO4/c1-28(2)29(3,4)35-30(34-28)18-12-13-21-24(16-18)32-23-15-14-22-26(25(21)23)33-27(31-22)20-11-7-9-17-8-5-6-10-19(17)20/h5-16H,1-4H3. The summed E-state index contributed by atoms with van der Waals surface area (Å²) in [5.41, 5.74) is 4.17. The van der Waals surface area contributed by atoms with E-state index in [1.165, 1.54) is 0 Å². The van der Waals surface area contributed by atoms with Gasteiger partial charge < -0.3 is 18.1 Å². The molecule has 0 saturated carbocycles. The Labute approximate surface area is 202 Å². The topological polar surface area (TPSA) is 57.6 Å². The molecule has 5 nitrogen and oxygen atoms in total. The van der Waals surface area contributed by atoms with Crippen molar-refractivity contribution < 1.29 is 18.1 Å². The predicted octanol–water partition coefficient (Wildman–Crippen LogP) is 6.85. The largest absolute Gasteiger partial charge is 0.494 e. The minimum Gasteiger partial charge on any atom is -0.456 e. The summed E-state index contributed by atoms with van der Waals surface area (Å²) in [4.78, 5) is 4.83. The van der Waals surface area contributed by atoms with Crippen molar-refractivity contribution in [3.05, 3.63) is 72.8 Å². The maximum Gasteiger partial charge on any atom is 0.494 e. The van der Waals surface area contributed by atoms with E-state index >= 15 is 0 Å². The van der Waals surface area contributed by atoms with E-state index in [9.17, 15) is 0 Å². The first-order chi connectivity index (χ1) is 16.8. The molecule has 0 spiro atoms. The molecule has 1 aliphatic heterocycles. The molecular weight excluding hydrogens is 437 g/mol. The average Bonchev–Trinajstić information content (AvgIpc) is 3.49. The first-order valence-electron chi connectivity index (χ1n) is 11.9. The van der Waals surface area contributed by atoms with Gasteiger partial charge in [0.15, 0.2) is 5.58 Å². The van der Waals surface area contributed by atoms with Crippen LogP contribution in [-0.4, -0.2) is 23.3 Å². The van der Waals surface area contributed by atoms with Crippen LogP contribution in [0.2, 0.25) is 0 Å². The highest BCUT2D eigenvalue weighted by molar-refractivity contribution is 6.62. The zero-order valence-electron chi connectivity index (χ0n) is 20.1. The predicted molar refractivity (Wildman–Crippen MR) is 140 cm³/mol. The second-order valence-corrected chi connectivity index (χ2v) is 10.3. The van der Waals surface area contributed by atoms with E-state index in [0.717, 1.165) is 54.8 Å². The lowest BCUT2D eigenvalue weighted by Gasteiger charge is -2.32. The minimum absolute atomic E-state index is 0.398. The van der Waals surface area contributed by atoms with Crippen LogP contribution in [-0.2, 0) is 9.31 Å².